The van der Waals surface area contributed by atoms with Crippen LogP contribution >= 0.6 is 11.3 Å². The van der Waals surface area contributed by atoms with Crippen molar-refractivity contribution in [2.24, 2.45) is 0 Å². The van der Waals surface area contributed by atoms with Crippen molar-refractivity contribution in [1.82, 2.24) is 9.55 Å². The number of fused-ring (bicyclic) bond motifs is 11. The first kappa shape index (κ1) is 18.2. The third-order valence-electron chi connectivity index (χ3n) is 7.03. The van der Waals surface area contributed by atoms with Crippen LogP contribution in [0.5, 0.6) is 0 Å². The Labute approximate surface area is 199 Å². The van der Waals surface area contributed by atoms with Crippen molar-refractivity contribution in [3.8, 4) is 5.69 Å². The van der Waals surface area contributed by atoms with E-state index in [0.717, 1.165) is 0 Å². The number of benzene rings is 5. The summed E-state index contributed by atoms with van der Waals surface area (Å²) in [7, 11) is 0. The number of hydrogen-bond donors (Lipinski definition) is 0. The highest BCUT2D eigenvalue weighted by atomic mass is 32.1. The number of aromatic nitrogens is 2. The summed E-state index contributed by atoms with van der Waals surface area (Å²) in [4.78, 5) is 4.52. The molecule has 3 heterocycles. The molecule has 3 aromatic heterocycles. The third kappa shape index (κ3) is 2.32. The van der Waals surface area contributed by atoms with Crippen molar-refractivity contribution < 1.29 is 0 Å². The van der Waals surface area contributed by atoms with Crippen molar-refractivity contribution in [2.75, 3.05) is 0 Å². The molecule has 0 saturated heterocycles. The van der Waals surface area contributed by atoms with Crippen molar-refractivity contribution in [1.29, 1.82) is 0 Å². The molecule has 0 aliphatic heterocycles. The lowest BCUT2D eigenvalue weighted by molar-refractivity contribution is 1.19. The molecule has 3 heteroatoms. The van der Waals surface area contributed by atoms with E-state index in [1.807, 2.05) is 23.7 Å². The Morgan fingerprint density at radius 3 is 2.35 bits per heavy atom. The van der Waals surface area contributed by atoms with E-state index >= 15 is 0 Å². The summed E-state index contributed by atoms with van der Waals surface area (Å²) < 4.78 is 5.09. The molecule has 5 aromatic carbocycles. The molecule has 0 radical (unpaired) electrons. The highest BCUT2D eigenvalue weighted by Crippen LogP contribution is 2.47. The van der Waals surface area contributed by atoms with Crippen LogP contribution in [0.2, 0.25) is 0 Å². The van der Waals surface area contributed by atoms with E-state index in [1.165, 1.54) is 69.2 Å². The van der Waals surface area contributed by atoms with Crippen LogP contribution in [-0.2, 0) is 0 Å². The minimum absolute atomic E-state index is 1.19. The number of nitrogens with zero attached hydrogens (tertiary/aromatic N) is 2. The van der Waals surface area contributed by atoms with E-state index < -0.39 is 0 Å². The average molecular weight is 451 g/mol. The summed E-state index contributed by atoms with van der Waals surface area (Å²) in [5.41, 5.74) is 3.70. The van der Waals surface area contributed by atoms with E-state index in [-0.39, 0.29) is 0 Å². The van der Waals surface area contributed by atoms with Gasteiger partial charge in [-0.2, -0.15) is 0 Å². The molecule has 0 aliphatic rings. The average Bonchev–Trinajstić information content (AvgIpc) is 3.45. The maximum absolute atomic E-state index is 4.52. The molecule has 0 amide bonds. The number of thiophene rings is 1. The van der Waals surface area contributed by atoms with Crippen LogP contribution in [0.4, 0.5) is 0 Å². The summed E-state index contributed by atoms with van der Waals surface area (Å²) in [6, 6.07) is 35.2. The summed E-state index contributed by atoms with van der Waals surface area (Å²) in [5, 5.41) is 10.2. The lowest BCUT2D eigenvalue weighted by atomic mass is 10.0. The molecule has 2 nitrogen and oxygen atoms in total. The van der Waals surface area contributed by atoms with E-state index in [4.69, 9.17) is 0 Å². The van der Waals surface area contributed by atoms with E-state index in [2.05, 4.69) is 107 Å². The molecular weight excluding hydrogens is 432 g/mol. The molecule has 8 aromatic rings. The van der Waals surface area contributed by atoms with Gasteiger partial charge in [-0.15, -0.1) is 11.3 Å². The summed E-state index contributed by atoms with van der Waals surface area (Å²) in [6.45, 7) is 0. The molecule has 158 valence electrons. The Morgan fingerprint density at radius 2 is 1.41 bits per heavy atom. The highest BCUT2D eigenvalue weighted by Gasteiger charge is 2.21. The molecule has 0 atom stereocenters. The van der Waals surface area contributed by atoms with E-state index in [9.17, 15) is 0 Å². The van der Waals surface area contributed by atoms with Gasteiger partial charge in [-0.25, -0.2) is 0 Å². The fourth-order valence-corrected chi connectivity index (χ4v) is 6.82. The van der Waals surface area contributed by atoms with Crippen molar-refractivity contribution in [3.63, 3.8) is 0 Å². The minimum atomic E-state index is 1.19. The molecule has 0 N–H and O–H groups in total. The minimum Gasteiger partial charge on any atom is -0.309 e. The number of hydrogen-bond acceptors (Lipinski definition) is 2. The second-order valence-electron chi connectivity index (χ2n) is 8.83. The van der Waals surface area contributed by atoms with Gasteiger partial charge in [-0.3, -0.25) is 4.98 Å². The maximum Gasteiger partial charge on any atom is 0.0640 e. The quantitative estimate of drug-likeness (QED) is 0.244. The smallest absolute Gasteiger partial charge is 0.0640 e. The van der Waals surface area contributed by atoms with Gasteiger partial charge in [0.05, 0.1) is 11.0 Å². The van der Waals surface area contributed by atoms with E-state index in [0.29, 0.717) is 0 Å². The van der Waals surface area contributed by atoms with Gasteiger partial charge in [0.1, 0.15) is 0 Å². The fourth-order valence-electron chi connectivity index (χ4n) is 5.60. The van der Waals surface area contributed by atoms with Gasteiger partial charge in [0, 0.05) is 54.4 Å². The molecular formula is C31H18N2S. The fraction of sp³-hybridized carbons (Fsp3) is 0. The van der Waals surface area contributed by atoms with Gasteiger partial charge in [0.15, 0.2) is 0 Å². The summed E-state index contributed by atoms with van der Waals surface area (Å²) in [5.74, 6) is 0. The predicted octanol–water partition coefficient (Wildman–Crippen LogP) is 8.85. The van der Waals surface area contributed by atoms with Crippen molar-refractivity contribution in [3.05, 3.63) is 109 Å². The zero-order valence-corrected chi connectivity index (χ0v) is 19.0. The molecule has 0 unspecified atom stereocenters. The second-order valence-corrected chi connectivity index (χ2v) is 9.88. The standard InChI is InChI=1S/C31H18N2S/c1-2-8-20-17-21(14-13-19(20)7-1)33-26-11-5-3-9-23(26)28-22-15-16-32-18-25(22)31-29(30(28)33)24-10-4-6-12-27(24)34-31/h1-18H. The van der Waals surface area contributed by atoms with Gasteiger partial charge in [0.2, 0.25) is 0 Å². The van der Waals surface area contributed by atoms with Crippen LogP contribution in [0.3, 0.4) is 0 Å². The summed E-state index contributed by atoms with van der Waals surface area (Å²) >= 11 is 1.87. The largest absolute Gasteiger partial charge is 0.309 e. The predicted molar refractivity (Wildman–Crippen MR) is 146 cm³/mol. The van der Waals surface area contributed by atoms with Crippen LogP contribution in [0.15, 0.2) is 109 Å². The van der Waals surface area contributed by atoms with Crippen LogP contribution < -0.4 is 0 Å². The lowest BCUT2D eigenvalue weighted by Crippen LogP contribution is -1.94. The Hall–Kier alpha value is -4.21. The molecule has 0 spiro atoms. The first-order valence-electron chi connectivity index (χ1n) is 11.5. The van der Waals surface area contributed by atoms with Crippen LogP contribution in [0.1, 0.15) is 0 Å². The molecule has 0 aliphatic carbocycles. The van der Waals surface area contributed by atoms with Gasteiger partial charge < -0.3 is 4.57 Å². The maximum atomic E-state index is 4.52. The number of pyridine rings is 1. The Bertz CT molecular complexity index is 2080. The lowest BCUT2D eigenvalue weighted by Gasteiger charge is -2.11. The zero-order valence-electron chi connectivity index (χ0n) is 18.2. The molecule has 34 heavy (non-hydrogen) atoms. The molecule has 0 fully saturated rings. The Morgan fingerprint density at radius 1 is 0.618 bits per heavy atom. The van der Waals surface area contributed by atoms with Gasteiger partial charge >= 0.3 is 0 Å². The normalized spacial score (nSPS) is 12.1. The highest BCUT2D eigenvalue weighted by molar-refractivity contribution is 7.27. The van der Waals surface area contributed by atoms with Crippen molar-refractivity contribution >= 4 is 74.9 Å². The Balaban J connectivity index is 1.71. The SMILES string of the molecule is c1ccc2cc(-n3c4ccccc4c4c5ccncc5c5sc6ccccc6c5c43)ccc2c1. The van der Waals surface area contributed by atoms with Gasteiger partial charge in [0.25, 0.3) is 0 Å². The second kappa shape index (κ2) is 6.66. The van der Waals surface area contributed by atoms with Crippen LogP contribution in [-0.4, -0.2) is 9.55 Å². The number of rotatable bonds is 1. The summed E-state index contributed by atoms with van der Waals surface area (Å²) in [6.07, 6.45) is 3.96. The number of para-hydroxylation sites is 1. The zero-order chi connectivity index (χ0) is 22.2. The molecule has 0 bridgehead atoms. The molecule has 0 saturated carbocycles. The van der Waals surface area contributed by atoms with Crippen LogP contribution in [0, 0.1) is 0 Å². The van der Waals surface area contributed by atoms with Gasteiger partial charge in [-0.1, -0.05) is 66.7 Å². The third-order valence-corrected chi connectivity index (χ3v) is 8.24. The van der Waals surface area contributed by atoms with Crippen LogP contribution in [0.25, 0.3) is 69.2 Å². The Kier molecular flexibility index (Phi) is 3.57. The topological polar surface area (TPSA) is 17.8 Å². The first-order chi connectivity index (χ1) is 16.9. The van der Waals surface area contributed by atoms with Crippen molar-refractivity contribution in [2.45, 2.75) is 0 Å². The monoisotopic (exact) mass is 450 g/mol. The van der Waals surface area contributed by atoms with E-state index in [1.54, 1.807) is 0 Å². The van der Waals surface area contributed by atoms with Gasteiger partial charge in [-0.05, 0) is 46.5 Å². The molecule has 8 rings (SSSR count). The first-order valence-corrected chi connectivity index (χ1v) is 12.3.